The van der Waals surface area contributed by atoms with Crippen LogP contribution in [-0.4, -0.2) is 110 Å². The van der Waals surface area contributed by atoms with E-state index >= 15 is 0 Å². The molecule has 5 N–H and O–H groups in total. The van der Waals surface area contributed by atoms with Gasteiger partial charge in [-0.2, -0.15) is 0 Å². The number of ether oxygens (including phenoxy) is 2. The minimum atomic E-state index is -4.80. The quantitative estimate of drug-likeness (QED) is 0.0644. The summed E-state index contributed by atoms with van der Waals surface area (Å²) in [4.78, 5) is 99.6. The summed E-state index contributed by atoms with van der Waals surface area (Å²) < 4.78 is 49.2. The number of imide groups is 2. The first-order chi connectivity index (χ1) is 32.6. The van der Waals surface area contributed by atoms with Crippen LogP contribution in [0.4, 0.5) is 18.9 Å². The number of nitrogens with one attached hydrogen (secondary N) is 3. The number of aromatic nitrogens is 3. The summed E-state index contributed by atoms with van der Waals surface area (Å²) in [6, 6.07) is 10.7. The molecule has 2 fully saturated rings. The highest BCUT2D eigenvalue weighted by Gasteiger charge is 2.45. The number of piperidine rings is 2. The summed E-state index contributed by atoms with van der Waals surface area (Å²) in [6.45, 7) is 2.47. The van der Waals surface area contributed by atoms with Crippen molar-refractivity contribution < 1.29 is 56.2 Å². The molecule has 3 aliphatic heterocycles. The first-order valence-electron chi connectivity index (χ1n) is 22.6. The second-order valence-electron chi connectivity index (χ2n) is 16.8. The smallest absolute Gasteiger partial charge is 0.474 e. The van der Waals surface area contributed by atoms with Crippen molar-refractivity contribution in [1.29, 1.82) is 0 Å². The topological polar surface area (TPSA) is 237 Å². The fraction of sp³-hybridized carbons (Fsp3) is 0.426. The molecule has 7 amide bonds. The lowest BCUT2D eigenvalue weighted by molar-refractivity contribution is -0.274. The Morgan fingerprint density at radius 2 is 1.63 bits per heavy atom. The molecule has 3 aliphatic rings. The third-order valence-electron chi connectivity index (χ3n) is 11.9. The SMILES string of the molecule is NC(=O)c1cc(-c2cn(CCCCNC(=O)CCCCCCNc3cccc4c3C(=O)N(C3CCC(=O)NC3=O)C4=O)cn2)cnc1OC1CCN(C(=O)Cc2ccc(OC(F)(F)F)cc2)CC1. The van der Waals surface area contributed by atoms with Crippen LogP contribution in [0, 0.1) is 0 Å². The van der Waals surface area contributed by atoms with Crippen molar-refractivity contribution >= 4 is 47.0 Å². The van der Waals surface area contributed by atoms with Gasteiger partial charge in [0.25, 0.3) is 17.7 Å². The van der Waals surface area contributed by atoms with Crippen LogP contribution < -0.4 is 31.2 Å². The number of aryl methyl sites for hydroxylation is 1. The molecule has 2 saturated heterocycles. The highest BCUT2D eigenvalue weighted by Crippen LogP contribution is 2.33. The van der Waals surface area contributed by atoms with Crippen molar-refractivity contribution in [2.24, 2.45) is 5.73 Å². The van der Waals surface area contributed by atoms with Crippen LogP contribution in [0.3, 0.4) is 0 Å². The molecule has 0 aliphatic carbocycles. The van der Waals surface area contributed by atoms with Crippen LogP contribution in [-0.2, 0) is 32.1 Å². The number of amides is 7. The Labute approximate surface area is 389 Å². The number of nitrogens with two attached hydrogens (primary N) is 1. The fourth-order valence-corrected chi connectivity index (χ4v) is 8.36. The molecule has 18 nitrogen and oxygen atoms in total. The molecule has 21 heteroatoms. The molecule has 360 valence electrons. The molecule has 2 aromatic carbocycles. The second kappa shape index (κ2) is 22.0. The van der Waals surface area contributed by atoms with E-state index in [0.29, 0.717) is 74.5 Å². The van der Waals surface area contributed by atoms with Crippen LogP contribution in [0.25, 0.3) is 11.3 Å². The van der Waals surface area contributed by atoms with Crippen molar-refractivity contribution in [3.8, 4) is 22.9 Å². The van der Waals surface area contributed by atoms with Crippen LogP contribution in [0.2, 0.25) is 0 Å². The highest BCUT2D eigenvalue weighted by molar-refractivity contribution is 6.25. The van der Waals surface area contributed by atoms with E-state index in [4.69, 9.17) is 10.5 Å². The van der Waals surface area contributed by atoms with Crippen molar-refractivity contribution in [3.63, 3.8) is 0 Å². The van der Waals surface area contributed by atoms with Crippen molar-refractivity contribution in [3.05, 3.63) is 89.5 Å². The number of primary amides is 1. The number of anilines is 1. The van der Waals surface area contributed by atoms with E-state index in [-0.39, 0.29) is 65.5 Å². The van der Waals surface area contributed by atoms with E-state index in [1.54, 1.807) is 41.7 Å². The number of hydrogen-bond donors (Lipinski definition) is 4. The van der Waals surface area contributed by atoms with Gasteiger partial charge < -0.3 is 35.3 Å². The normalized spacial score (nSPS) is 16.4. The monoisotopic (exact) mass is 943 g/mol. The van der Waals surface area contributed by atoms with Gasteiger partial charge in [-0.1, -0.05) is 31.0 Å². The molecule has 7 rings (SSSR count). The number of imidazole rings is 1. The minimum absolute atomic E-state index is 0.0167. The Morgan fingerprint density at radius 3 is 2.37 bits per heavy atom. The summed E-state index contributed by atoms with van der Waals surface area (Å²) in [5.74, 6) is -3.40. The second-order valence-corrected chi connectivity index (χ2v) is 16.8. The minimum Gasteiger partial charge on any atom is -0.474 e. The first kappa shape index (κ1) is 48.6. The Morgan fingerprint density at radius 1 is 0.882 bits per heavy atom. The number of carbonyl (C=O) groups is 7. The molecule has 68 heavy (non-hydrogen) atoms. The number of hydrogen-bond acceptors (Lipinski definition) is 12. The van der Waals surface area contributed by atoms with Gasteiger partial charge in [0, 0.05) is 82.1 Å². The first-order valence-corrected chi connectivity index (χ1v) is 22.6. The van der Waals surface area contributed by atoms with Crippen molar-refractivity contribution in [2.45, 2.75) is 102 Å². The van der Waals surface area contributed by atoms with Gasteiger partial charge in [0.2, 0.25) is 29.5 Å². The number of unbranched alkanes of at least 4 members (excludes halogenated alkanes) is 4. The molecular formula is C47H52F3N9O9. The average molecular weight is 944 g/mol. The van der Waals surface area contributed by atoms with Gasteiger partial charge >= 0.3 is 6.36 Å². The van der Waals surface area contributed by atoms with E-state index in [2.05, 4.69) is 30.7 Å². The Kier molecular flexibility index (Phi) is 15.7. The zero-order chi connectivity index (χ0) is 48.4. The van der Waals surface area contributed by atoms with Gasteiger partial charge in [0.1, 0.15) is 23.5 Å². The van der Waals surface area contributed by atoms with Crippen molar-refractivity contribution in [1.82, 2.24) is 35.0 Å². The summed E-state index contributed by atoms with van der Waals surface area (Å²) in [5, 5.41) is 8.41. The Bertz CT molecular complexity index is 2520. The zero-order valence-electron chi connectivity index (χ0n) is 37.1. The van der Waals surface area contributed by atoms with Crippen LogP contribution >= 0.6 is 0 Å². The predicted molar refractivity (Wildman–Crippen MR) is 238 cm³/mol. The summed E-state index contributed by atoms with van der Waals surface area (Å²) in [7, 11) is 0. The van der Waals surface area contributed by atoms with E-state index in [9.17, 15) is 46.7 Å². The van der Waals surface area contributed by atoms with E-state index in [1.807, 2.05) is 10.8 Å². The number of halogens is 3. The standard InChI is InChI=1S/C47H52F3N9O9/c48-47(49,50)68-32-13-11-29(12-14-32)24-40(62)58-22-17-31(18-23-58)67-44-34(42(51)63)25-30(26-54-44)36-27-57(28-55-36)21-6-5-20-53-38(60)10-3-1-2-4-19-52-35-9-7-8-33-41(35)46(66)59(45(33)65)37-15-16-39(61)56-43(37)64/h7-9,11-14,25-28,31,37,52H,1-6,10,15-24H2,(H2,51,63)(H,53,60)(H,56,61,64). The van der Waals surface area contributed by atoms with Crippen LogP contribution in [0.15, 0.2) is 67.3 Å². The maximum absolute atomic E-state index is 13.3. The molecule has 4 aromatic rings. The van der Waals surface area contributed by atoms with Gasteiger partial charge in [-0.15, -0.1) is 13.2 Å². The third-order valence-corrected chi connectivity index (χ3v) is 11.9. The number of likely N-dealkylation sites (tertiary alicyclic amines) is 1. The Hall–Kier alpha value is -7.32. The molecular weight excluding hydrogens is 892 g/mol. The lowest BCUT2D eigenvalue weighted by Gasteiger charge is -2.32. The largest absolute Gasteiger partial charge is 0.573 e. The molecule has 0 spiro atoms. The number of benzene rings is 2. The number of pyridine rings is 1. The molecule has 1 unspecified atom stereocenters. The van der Waals surface area contributed by atoms with Gasteiger partial charge in [-0.3, -0.25) is 43.8 Å². The Balaban J connectivity index is 0.758. The summed E-state index contributed by atoms with van der Waals surface area (Å²) in [5.41, 5.74) is 8.46. The zero-order valence-corrected chi connectivity index (χ0v) is 37.1. The maximum Gasteiger partial charge on any atom is 0.573 e. The summed E-state index contributed by atoms with van der Waals surface area (Å²) >= 11 is 0. The molecule has 0 bridgehead atoms. The van der Waals surface area contributed by atoms with Gasteiger partial charge in [0.15, 0.2) is 0 Å². The maximum atomic E-state index is 13.3. The number of fused-ring (bicyclic) bond motifs is 1. The van der Waals surface area contributed by atoms with Crippen LogP contribution in [0.5, 0.6) is 11.6 Å². The number of carbonyl (C=O) groups excluding carboxylic acids is 7. The van der Waals surface area contributed by atoms with E-state index < -0.39 is 41.9 Å². The van der Waals surface area contributed by atoms with Crippen LogP contribution in [0.1, 0.15) is 107 Å². The molecule has 0 radical (unpaired) electrons. The lowest BCUT2D eigenvalue weighted by atomic mass is 10.0. The van der Waals surface area contributed by atoms with E-state index in [1.165, 1.54) is 24.3 Å². The highest BCUT2D eigenvalue weighted by atomic mass is 19.4. The number of nitrogens with zero attached hydrogens (tertiary/aromatic N) is 5. The fourth-order valence-electron chi connectivity index (χ4n) is 8.36. The molecule has 2 aromatic heterocycles. The number of rotatable bonds is 21. The lowest BCUT2D eigenvalue weighted by Crippen LogP contribution is -2.54. The molecule has 1 atom stereocenters. The van der Waals surface area contributed by atoms with Gasteiger partial charge in [0.05, 0.1) is 29.6 Å². The number of alkyl halides is 3. The van der Waals surface area contributed by atoms with Gasteiger partial charge in [-0.25, -0.2) is 9.97 Å². The molecule has 5 heterocycles. The van der Waals surface area contributed by atoms with Crippen molar-refractivity contribution in [2.75, 3.05) is 31.5 Å². The summed E-state index contributed by atoms with van der Waals surface area (Å²) in [6.07, 6.45) is 6.11. The third kappa shape index (κ3) is 12.6. The average Bonchev–Trinajstić information content (AvgIpc) is 3.88. The van der Waals surface area contributed by atoms with E-state index in [0.717, 1.165) is 43.4 Å². The predicted octanol–water partition coefficient (Wildman–Crippen LogP) is 4.92. The molecule has 0 saturated carbocycles. The van der Waals surface area contributed by atoms with Gasteiger partial charge in [-0.05, 0) is 68.0 Å².